The van der Waals surface area contributed by atoms with E-state index in [-0.39, 0.29) is 5.91 Å². The molecule has 1 N–H and O–H groups in total. The van der Waals surface area contributed by atoms with Crippen LogP contribution in [0.5, 0.6) is 0 Å². The number of pyridine rings is 1. The normalized spacial score (nSPS) is 10.2. The van der Waals surface area contributed by atoms with Crippen LogP contribution >= 0.6 is 0 Å². The lowest BCUT2D eigenvalue weighted by molar-refractivity contribution is -0.121. The van der Waals surface area contributed by atoms with E-state index < -0.39 is 0 Å². The SMILES string of the molecule is O=C(CCCCc1ccccc1)NCc1cccnc1. The minimum atomic E-state index is 0.113. The van der Waals surface area contributed by atoms with Crippen LogP contribution in [0.1, 0.15) is 30.4 Å². The van der Waals surface area contributed by atoms with E-state index in [2.05, 4.69) is 34.6 Å². The van der Waals surface area contributed by atoms with Gasteiger partial charge in [0.15, 0.2) is 0 Å². The lowest BCUT2D eigenvalue weighted by Crippen LogP contribution is -2.22. The van der Waals surface area contributed by atoms with Crippen molar-refractivity contribution in [3.63, 3.8) is 0 Å². The molecule has 0 unspecified atom stereocenters. The highest BCUT2D eigenvalue weighted by atomic mass is 16.1. The van der Waals surface area contributed by atoms with Crippen LogP contribution in [0.25, 0.3) is 0 Å². The quantitative estimate of drug-likeness (QED) is 0.784. The Balaban J connectivity index is 1.59. The van der Waals surface area contributed by atoms with Crippen molar-refractivity contribution >= 4 is 5.91 Å². The molecule has 1 heterocycles. The van der Waals surface area contributed by atoms with E-state index in [9.17, 15) is 4.79 Å². The van der Waals surface area contributed by atoms with Gasteiger partial charge in [0.2, 0.25) is 5.91 Å². The monoisotopic (exact) mass is 268 g/mol. The second-order valence-electron chi connectivity index (χ2n) is 4.83. The number of carbonyl (C=O) groups is 1. The summed E-state index contributed by atoms with van der Waals surface area (Å²) in [6, 6.07) is 14.2. The molecule has 3 heteroatoms. The highest BCUT2D eigenvalue weighted by Crippen LogP contribution is 2.06. The van der Waals surface area contributed by atoms with Crippen molar-refractivity contribution in [2.45, 2.75) is 32.2 Å². The summed E-state index contributed by atoms with van der Waals surface area (Å²) in [7, 11) is 0. The number of benzene rings is 1. The molecule has 1 amide bonds. The van der Waals surface area contributed by atoms with Crippen molar-refractivity contribution in [2.24, 2.45) is 0 Å². The largest absolute Gasteiger partial charge is 0.352 e. The van der Waals surface area contributed by atoms with Gasteiger partial charge in [0.05, 0.1) is 0 Å². The molecule has 0 saturated heterocycles. The van der Waals surface area contributed by atoms with Gasteiger partial charge < -0.3 is 5.32 Å². The van der Waals surface area contributed by atoms with Gasteiger partial charge in [-0.15, -0.1) is 0 Å². The van der Waals surface area contributed by atoms with Crippen LogP contribution < -0.4 is 5.32 Å². The first kappa shape index (κ1) is 14.3. The van der Waals surface area contributed by atoms with Gasteiger partial charge in [0.1, 0.15) is 0 Å². The molecule has 104 valence electrons. The maximum absolute atomic E-state index is 11.7. The molecule has 0 fully saturated rings. The molecular formula is C17H20N2O. The van der Waals surface area contributed by atoms with E-state index >= 15 is 0 Å². The Hall–Kier alpha value is -2.16. The number of amides is 1. The number of nitrogens with one attached hydrogen (secondary N) is 1. The summed E-state index contributed by atoms with van der Waals surface area (Å²) in [6.45, 7) is 0.561. The van der Waals surface area contributed by atoms with Crippen molar-refractivity contribution in [1.29, 1.82) is 0 Å². The summed E-state index contributed by atoms with van der Waals surface area (Å²) in [5, 5.41) is 2.92. The van der Waals surface area contributed by atoms with E-state index in [1.54, 1.807) is 12.4 Å². The van der Waals surface area contributed by atoms with E-state index in [0.717, 1.165) is 24.8 Å². The fourth-order valence-corrected chi connectivity index (χ4v) is 2.05. The van der Waals surface area contributed by atoms with Gasteiger partial charge in [-0.3, -0.25) is 9.78 Å². The van der Waals surface area contributed by atoms with Gasteiger partial charge in [0.25, 0.3) is 0 Å². The molecule has 0 spiro atoms. The van der Waals surface area contributed by atoms with E-state index in [1.807, 2.05) is 18.2 Å². The zero-order chi connectivity index (χ0) is 14.0. The molecular weight excluding hydrogens is 248 g/mol. The van der Waals surface area contributed by atoms with Crippen LogP contribution in [0, 0.1) is 0 Å². The fourth-order valence-electron chi connectivity index (χ4n) is 2.05. The number of carbonyl (C=O) groups excluding carboxylic acids is 1. The zero-order valence-electron chi connectivity index (χ0n) is 11.6. The highest BCUT2D eigenvalue weighted by Gasteiger charge is 2.01. The van der Waals surface area contributed by atoms with Crippen LogP contribution in [-0.2, 0) is 17.8 Å². The number of hydrogen-bond acceptors (Lipinski definition) is 2. The summed E-state index contributed by atoms with van der Waals surface area (Å²) in [4.78, 5) is 15.7. The number of rotatable bonds is 7. The molecule has 0 aliphatic carbocycles. The van der Waals surface area contributed by atoms with Crippen molar-refractivity contribution in [3.05, 3.63) is 66.0 Å². The topological polar surface area (TPSA) is 42.0 Å². The molecule has 0 aliphatic heterocycles. The lowest BCUT2D eigenvalue weighted by Gasteiger charge is -2.05. The number of aryl methyl sites for hydroxylation is 1. The maximum Gasteiger partial charge on any atom is 0.220 e. The molecule has 0 bridgehead atoms. The fraction of sp³-hybridized carbons (Fsp3) is 0.294. The number of aromatic nitrogens is 1. The Morgan fingerprint density at radius 2 is 1.80 bits per heavy atom. The first-order chi connectivity index (χ1) is 9.84. The van der Waals surface area contributed by atoms with Gasteiger partial charge >= 0.3 is 0 Å². The zero-order valence-corrected chi connectivity index (χ0v) is 11.6. The highest BCUT2D eigenvalue weighted by molar-refractivity contribution is 5.75. The molecule has 0 saturated carbocycles. The summed E-state index contributed by atoms with van der Waals surface area (Å²) in [5.41, 5.74) is 2.37. The lowest BCUT2D eigenvalue weighted by atomic mass is 10.1. The maximum atomic E-state index is 11.7. The van der Waals surface area contributed by atoms with Crippen LogP contribution in [0.15, 0.2) is 54.9 Å². The predicted octanol–water partition coefficient (Wildman–Crippen LogP) is 3.11. The third-order valence-corrected chi connectivity index (χ3v) is 3.17. The van der Waals surface area contributed by atoms with Crippen molar-refractivity contribution in [3.8, 4) is 0 Å². The van der Waals surface area contributed by atoms with Crippen molar-refractivity contribution in [1.82, 2.24) is 10.3 Å². The van der Waals surface area contributed by atoms with Crippen LogP contribution in [-0.4, -0.2) is 10.9 Å². The second-order valence-corrected chi connectivity index (χ2v) is 4.83. The van der Waals surface area contributed by atoms with Crippen molar-refractivity contribution in [2.75, 3.05) is 0 Å². The summed E-state index contributed by atoms with van der Waals surface area (Å²) >= 11 is 0. The van der Waals surface area contributed by atoms with Gasteiger partial charge in [-0.1, -0.05) is 36.4 Å². The van der Waals surface area contributed by atoms with Gasteiger partial charge in [0, 0.05) is 25.4 Å². The Labute approximate surface area is 120 Å². The van der Waals surface area contributed by atoms with E-state index in [1.165, 1.54) is 5.56 Å². The molecule has 2 aromatic rings. The molecule has 20 heavy (non-hydrogen) atoms. The average Bonchev–Trinajstić information content (AvgIpc) is 2.52. The first-order valence-corrected chi connectivity index (χ1v) is 7.04. The van der Waals surface area contributed by atoms with Gasteiger partial charge in [-0.2, -0.15) is 0 Å². The third kappa shape index (κ3) is 5.22. The number of hydrogen-bond donors (Lipinski definition) is 1. The van der Waals surface area contributed by atoms with Crippen LogP contribution in [0.4, 0.5) is 0 Å². The second kappa shape index (κ2) is 8.10. The standard InChI is InChI=1S/C17H20N2O/c20-17(19-14-16-10-6-12-18-13-16)11-5-4-9-15-7-2-1-3-8-15/h1-3,6-8,10,12-13H,4-5,9,11,14H2,(H,19,20). The molecule has 0 radical (unpaired) electrons. The summed E-state index contributed by atoms with van der Waals surface area (Å²) in [5.74, 6) is 0.113. The van der Waals surface area contributed by atoms with Gasteiger partial charge in [-0.25, -0.2) is 0 Å². The smallest absolute Gasteiger partial charge is 0.220 e. The predicted molar refractivity (Wildman–Crippen MR) is 80.1 cm³/mol. The Morgan fingerprint density at radius 3 is 2.55 bits per heavy atom. The van der Waals surface area contributed by atoms with E-state index in [0.29, 0.717) is 13.0 Å². The number of nitrogens with zero attached hydrogens (tertiary/aromatic N) is 1. The molecule has 2 rings (SSSR count). The Morgan fingerprint density at radius 1 is 1.00 bits per heavy atom. The minimum Gasteiger partial charge on any atom is -0.352 e. The molecule has 3 nitrogen and oxygen atoms in total. The summed E-state index contributed by atoms with van der Waals surface area (Å²) in [6.07, 6.45) is 7.10. The molecule has 0 atom stereocenters. The van der Waals surface area contributed by atoms with Gasteiger partial charge in [-0.05, 0) is 36.5 Å². The third-order valence-electron chi connectivity index (χ3n) is 3.17. The minimum absolute atomic E-state index is 0.113. The molecule has 0 aliphatic rings. The first-order valence-electron chi connectivity index (χ1n) is 7.04. The van der Waals surface area contributed by atoms with E-state index in [4.69, 9.17) is 0 Å². The Kier molecular flexibility index (Phi) is 5.77. The van der Waals surface area contributed by atoms with Crippen LogP contribution in [0.2, 0.25) is 0 Å². The molecule has 1 aromatic heterocycles. The molecule has 1 aromatic carbocycles. The number of unbranched alkanes of at least 4 members (excludes halogenated alkanes) is 1. The van der Waals surface area contributed by atoms with Crippen LogP contribution in [0.3, 0.4) is 0 Å². The van der Waals surface area contributed by atoms with Crippen molar-refractivity contribution < 1.29 is 4.79 Å². The average molecular weight is 268 g/mol. The Bertz CT molecular complexity index is 511. The summed E-state index contributed by atoms with van der Waals surface area (Å²) < 4.78 is 0.